The van der Waals surface area contributed by atoms with E-state index in [4.69, 9.17) is 9.15 Å². The van der Waals surface area contributed by atoms with Gasteiger partial charge in [0, 0.05) is 13.1 Å². The molecule has 3 rings (SSSR count). The van der Waals surface area contributed by atoms with Crippen LogP contribution in [-0.2, 0) is 19.4 Å². The third-order valence-corrected chi connectivity index (χ3v) is 6.37. The van der Waals surface area contributed by atoms with Crippen LogP contribution in [0.1, 0.15) is 27.3 Å². The number of benzene rings is 1. The van der Waals surface area contributed by atoms with Gasteiger partial charge in [-0.15, -0.1) is 0 Å². The lowest BCUT2D eigenvalue weighted by molar-refractivity contribution is -0.134. The number of amides is 2. The van der Waals surface area contributed by atoms with Gasteiger partial charge in [-0.05, 0) is 30.7 Å². The third kappa shape index (κ3) is 5.02. The number of anilines is 1. The highest BCUT2D eigenvalue weighted by Crippen LogP contribution is 2.19. The van der Waals surface area contributed by atoms with Crippen LogP contribution in [0.25, 0.3) is 0 Å². The molecule has 9 nitrogen and oxygen atoms in total. The third-order valence-electron chi connectivity index (χ3n) is 4.62. The minimum atomic E-state index is -3.13. The van der Waals surface area contributed by atoms with Gasteiger partial charge >= 0.3 is 5.97 Å². The van der Waals surface area contributed by atoms with Gasteiger partial charge in [0.25, 0.3) is 11.8 Å². The maximum absolute atomic E-state index is 12.4. The number of hydrogen-bond acceptors (Lipinski definition) is 7. The highest BCUT2D eigenvalue weighted by atomic mass is 32.2. The van der Waals surface area contributed by atoms with E-state index in [1.54, 1.807) is 18.2 Å². The summed E-state index contributed by atoms with van der Waals surface area (Å²) in [4.78, 5) is 38.1. The molecule has 1 saturated heterocycles. The topological polar surface area (TPSA) is 123 Å². The average Bonchev–Trinajstić information content (AvgIpc) is 3.35. The normalized spacial score (nSPS) is 17.5. The van der Waals surface area contributed by atoms with Gasteiger partial charge in [0.2, 0.25) is 0 Å². The Kier molecular flexibility index (Phi) is 6.02. The van der Waals surface area contributed by atoms with Crippen molar-refractivity contribution in [2.75, 3.05) is 30.5 Å². The van der Waals surface area contributed by atoms with Crippen molar-refractivity contribution in [1.82, 2.24) is 4.90 Å². The van der Waals surface area contributed by atoms with E-state index in [2.05, 4.69) is 5.32 Å². The zero-order valence-electron chi connectivity index (χ0n) is 15.7. The van der Waals surface area contributed by atoms with Crippen molar-refractivity contribution in [2.45, 2.75) is 12.5 Å². The predicted octanol–water partition coefficient (Wildman–Crippen LogP) is 1.33. The standard InChI is InChI=1S/C19H20N2O7S/c1-21(13-8-10-29(25,26)12-13)17(22)11-28-19(24)14-5-2-3-6-15(14)20-18(23)16-7-4-9-27-16/h2-7,9,13H,8,10-12H2,1H3,(H,20,23)/t13-/m1/s1. The van der Waals surface area contributed by atoms with Gasteiger partial charge in [0.1, 0.15) is 0 Å². The molecule has 0 unspecified atom stereocenters. The fraction of sp³-hybridized carbons (Fsp3) is 0.316. The summed E-state index contributed by atoms with van der Waals surface area (Å²) in [6.45, 7) is -0.535. The van der Waals surface area contributed by atoms with Gasteiger partial charge in [-0.25, -0.2) is 13.2 Å². The molecule has 1 fully saturated rings. The number of likely N-dealkylation sites (N-methyl/N-ethyl adjacent to an activating group) is 1. The Morgan fingerprint density at radius 1 is 1.21 bits per heavy atom. The van der Waals surface area contributed by atoms with Gasteiger partial charge in [0.15, 0.2) is 22.2 Å². The largest absolute Gasteiger partial charge is 0.459 e. The molecule has 10 heteroatoms. The summed E-state index contributed by atoms with van der Waals surface area (Å²) >= 11 is 0. The molecule has 0 spiro atoms. The first-order valence-corrected chi connectivity index (χ1v) is 10.7. The van der Waals surface area contributed by atoms with Gasteiger partial charge in [-0.3, -0.25) is 9.59 Å². The summed E-state index contributed by atoms with van der Waals surface area (Å²) in [5, 5.41) is 2.56. The molecule has 154 valence electrons. The van der Waals surface area contributed by atoms with Crippen LogP contribution in [0, 0.1) is 0 Å². The zero-order chi connectivity index (χ0) is 21.0. The molecule has 1 aromatic heterocycles. The van der Waals surface area contributed by atoms with Gasteiger partial charge < -0.3 is 19.4 Å². The summed E-state index contributed by atoms with van der Waals surface area (Å²) in [6.07, 6.45) is 1.72. The van der Waals surface area contributed by atoms with E-state index in [-0.39, 0.29) is 28.5 Å². The maximum atomic E-state index is 12.4. The number of para-hydroxylation sites is 1. The first kappa shape index (κ1) is 20.6. The van der Waals surface area contributed by atoms with E-state index in [9.17, 15) is 22.8 Å². The molecule has 29 heavy (non-hydrogen) atoms. The van der Waals surface area contributed by atoms with Gasteiger partial charge in [0.05, 0.1) is 29.0 Å². The van der Waals surface area contributed by atoms with E-state index in [0.29, 0.717) is 6.42 Å². The molecule has 1 aliphatic heterocycles. The second-order valence-electron chi connectivity index (χ2n) is 6.61. The van der Waals surface area contributed by atoms with E-state index in [1.165, 1.54) is 36.4 Å². The molecule has 1 aromatic carbocycles. The van der Waals surface area contributed by atoms with Crippen LogP contribution in [0.3, 0.4) is 0 Å². The monoisotopic (exact) mass is 420 g/mol. The Morgan fingerprint density at radius 3 is 2.62 bits per heavy atom. The quantitative estimate of drug-likeness (QED) is 0.700. The van der Waals surface area contributed by atoms with Crippen LogP contribution in [0.4, 0.5) is 5.69 Å². The SMILES string of the molecule is CN(C(=O)COC(=O)c1ccccc1NC(=O)c1ccco1)[C@@H]1CCS(=O)(=O)C1. The van der Waals surface area contributed by atoms with Crippen LogP contribution < -0.4 is 5.32 Å². The lowest BCUT2D eigenvalue weighted by Gasteiger charge is -2.23. The second kappa shape index (κ2) is 8.48. The Balaban J connectivity index is 1.61. The lowest BCUT2D eigenvalue weighted by Crippen LogP contribution is -2.40. The lowest BCUT2D eigenvalue weighted by atomic mass is 10.1. The number of nitrogens with zero attached hydrogens (tertiary/aromatic N) is 1. The van der Waals surface area contributed by atoms with Crippen LogP contribution in [0.2, 0.25) is 0 Å². The van der Waals surface area contributed by atoms with E-state index < -0.39 is 40.3 Å². The summed E-state index contributed by atoms with van der Waals surface area (Å²) in [5.41, 5.74) is 0.285. The number of esters is 1. The molecule has 2 amide bonds. The first-order valence-electron chi connectivity index (χ1n) is 8.84. The minimum absolute atomic E-state index is 0.0395. The van der Waals surface area contributed by atoms with Crippen LogP contribution in [0.15, 0.2) is 47.1 Å². The van der Waals surface area contributed by atoms with Gasteiger partial charge in [-0.1, -0.05) is 12.1 Å². The van der Waals surface area contributed by atoms with Crippen LogP contribution >= 0.6 is 0 Å². The zero-order valence-corrected chi connectivity index (χ0v) is 16.5. The summed E-state index contributed by atoms with van der Waals surface area (Å²) in [6, 6.07) is 8.82. The van der Waals surface area contributed by atoms with Crippen molar-refractivity contribution in [2.24, 2.45) is 0 Å². The minimum Gasteiger partial charge on any atom is -0.459 e. The average molecular weight is 420 g/mol. The smallest absolute Gasteiger partial charge is 0.340 e. The molecule has 1 N–H and O–H groups in total. The van der Waals surface area contributed by atoms with E-state index in [1.807, 2.05) is 0 Å². The Hall–Kier alpha value is -3.14. The number of sulfone groups is 1. The van der Waals surface area contributed by atoms with Gasteiger partial charge in [-0.2, -0.15) is 0 Å². The first-order chi connectivity index (χ1) is 13.8. The van der Waals surface area contributed by atoms with Crippen molar-refractivity contribution < 1.29 is 32.0 Å². The molecule has 2 heterocycles. The molecule has 0 bridgehead atoms. The Labute approximate surface area is 167 Å². The van der Waals surface area contributed by atoms with Crippen LogP contribution in [-0.4, -0.2) is 62.3 Å². The summed E-state index contributed by atoms with van der Waals surface area (Å²) in [5.74, 6) is -1.80. The van der Waals surface area contributed by atoms with Crippen molar-refractivity contribution in [3.05, 3.63) is 54.0 Å². The molecular formula is C19H20N2O7S. The number of rotatable bonds is 6. The number of furan rings is 1. The second-order valence-corrected chi connectivity index (χ2v) is 8.84. The molecule has 1 atom stereocenters. The van der Waals surface area contributed by atoms with E-state index in [0.717, 1.165) is 0 Å². The molecular weight excluding hydrogens is 400 g/mol. The fourth-order valence-corrected chi connectivity index (χ4v) is 4.73. The number of hydrogen-bond donors (Lipinski definition) is 1. The van der Waals surface area contributed by atoms with Crippen molar-refractivity contribution in [3.63, 3.8) is 0 Å². The van der Waals surface area contributed by atoms with Crippen LogP contribution in [0.5, 0.6) is 0 Å². The number of carbonyl (C=O) groups is 3. The Morgan fingerprint density at radius 2 is 1.97 bits per heavy atom. The van der Waals surface area contributed by atoms with E-state index >= 15 is 0 Å². The Bertz CT molecular complexity index is 1010. The molecule has 0 radical (unpaired) electrons. The van der Waals surface area contributed by atoms with Crippen molar-refractivity contribution in [3.8, 4) is 0 Å². The molecule has 1 aliphatic rings. The number of nitrogens with one attached hydrogen (secondary N) is 1. The highest BCUT2D eigenvalue weighted by molar-refractivity contribution is 7.91. The van der Waals surface area contributed by atoms with Crippen molar-refractivity contribution in [1.29, 1.82) is 0 Å². The molecule has 2 aromatic rings. The number of carbonyl (C=O) groups excluding carboxylic acids is 3. The molecule has 0 saturated carbocycles. The number of ether oxygens (including phenoxy) is 1. The summed E-state index contributed by atoms with van der Waals surface area (Å²) < 4.78 is 33.2. The predicted molar refractivity (Wildman–Crippen MR) is 103 cm³/mol. The maximum Gasteiger partial charge on any atom is 0.340 e. The molecule has 0 aliphatic carbocycles. The highest BCUT2D eigenvalue weighted by Gasteiger charge is 2.33. The summed E-state index contributed by atoms with van der Waals surface area (Å²) in [7, 11) is -1.65. The fourth-order valence-electron chi connectivity index (χ4n) is 2.95. The van der Waals surface area contributed by atoms with Crippen molar-refractivity contribution >= 4 is 33.3 Å².